The van der Waals surface area contributed by atoms with Crippen LogP contribution in [-0.4, -0.2) is 58.9 Å². The lowest BCUT2D eigenvalue weighted by Crippen LogP contribution is -2.48. The minimum atomic E-state index is -0.643. The molecule has 1 heterocycles. The van der Waals surface area contributed by atoms with Gasteiger partial charge >= 0.3 is 12.2 Å². The lowest BCUT2D eigenvalue weighted by Gasteiger charge is -2.37. The van der Waals surface area contributed by atoms with Crippen LogP contribution in [0, 0.1) is 0 Å². The number of phenols is 1. The van der Waals surface area contributed by atoms with Crippen LogP contribution in [0.2, 0.25) is 5.02 Å². The molecule has 1 aromatic rings. The van der Waals surface area contributed by atoms with E-state index in [-0.39, 0.29) is 17.9 Å². The van der Waals surface area contributed by atoms with E-state index in [4.69, 9.17) is 21.1 Å². The number of hydrogen-bond acceptors (Lipinski definition) is 5. The third-order valence-corrected chi connectivity index (χ3v) is 4.89. The Morgan fingerprint density at radius 3 is 2.46 bits per heavy atom. The third kappa shape index (κ3) is 5.92. The standard InChI is InChI=1S/C20H29ClN2O5/c1-13(16-12-14(21)6-7-17(16)24)27-18(25)22(5)15-8-10-23(11-9-15)19(26)28-20(2,3)4/h6-7,12-13,15,24H,8-11H2,1-5H3. The number of nitrogens with zero attached hydrogens (tertiary/aromatic N) is 2. The van der Waals surface area contributed by atoms with E-state index in [9.17, 15) is 14.7 Å². The van der Waals surface area contributed by atoms with E-state index in [1.807, 2.05) is 20.8 Å². The molecule has 0 aliphatic carbocycles. The average Bonchev–Trinajstić information content (AvgIpc) is 2.61. The van der Waals surface area contributed by atoms with Gasteiger partial charge in [0.1, 0.15) is 17.5 Å². The molecular weight excluding hydrogens is 384 g/mol. The molecule has 1 N–H and O–H groups in total. The second-order valence-electron chi connectivity index (χ2n) is 8.04. The first kappa shape index (κ1) is 22.1. The smallest absolute Gasteiger partial charge is 0.410 e. The minimum Gasteiger partial charge on any atom is -0.508 e. The zero-order valence-corrected chi connectivity index (χ0v) is 17.8. The second-order valence-corrected chi connectivity index (χ2v) is 8.48. The molecule has 1 unspecified atom stereocenters. The van der Waals surface area contributed by atoms with E-state index in [1.165, 1.54) is 6.07 Å². The van der Waals surface area contributed by atoms with Gasteiger partial charge in [-0.1, -0.05) is 11.6 Å². The monoisotopic (exact) mass is 412 g/mol. The zero-order chi connectivity index (χ0) is 21.1. The Balaban J connectivity index is 1.89. The predicted molar refractivity (Wildman–Crippen MR) is 107 cm³/mol. The summed E-state index contributed by atoms with van der Waals surface area (Å²) in [5.74, 6) is 0.0259. The van der Waals surface area contributed by atoms with Crippen molar-refractivity contribution >= 4 is 23.8 Å². The number of halogens is 1. The van der Waals surface area contributed by atoms with Crippen LogP contribution in [0.3, 0.4) is 0 Å². The van der Waals surface area contributed by atoms with Gasteiger partial charge in [0.15, 0.2) is 0 Å². The van der Waals surface area contributed by atoms with E-state index < -0.39 is 17.8 Å². The maximum absolute atomic E-state index is 12.5. The summed E-state index contributed by atoms with van der Waals surface area (Å²) in [5, 5.41) is 10.4. The Morgan fingerprint density at radius 1 is 1.29 bits per heavy atom. The van der Waals surface area contributed by atoms with Gasteiger partial charge in [-0.2, -0.15) is 0 Å². The van der Waals surface area contributed by atoms with Crippen LogP contribution in [-0.2, 0) is 9.47 Å². The molecule has 1 fully saturated rings. The summed E-state index contributed by atoms with van der Waals surface area (Å²) in [5.41, 5.74) is -0.0784. The predicted octanol–water partition coefficient (Wildman–Crippen LogP) is 4.57. The Morgan fingerprint density at radius 2 is 1.89 bits per heavy atom. The van der Waals surface area contributed by atoms with Crippen LogP contribution in [0.25, 0.3) is 0 Å². The zero-order valence-electron chi connectivity index (χ0n) is 17.1. The SMILES string of the molecule is CC(OC(=O)N(C)C1CCN(C(=O)OC(C)(C)C)CC1)c1cc(Cl)ccc1O. The van der Waals surface area contributed by atoms with Gasteiger partial charge in [-0.05, 0) is 58.7 Å². The first-order valence-electron chi connectivity index (χ1n) is 9.37. The van der Waals surface area contributed by atoms with Gasteiger partial charge in [0.2, 0.25) is 0 Å². The number of phenolic OH excluding ortho intramolecular Hbond substituents is 1. The molecule has 156 valence electrons. The van der Waals surface area contributed by atoms with Crippen molar-refractivity contribution in [1.29, 1.82) is 0 Å². The largest absolute Gasteiger partial charge is 0.508 e. The third-order valence-electron chi connectivity index (χ3n) is 4.66. The molecule has 7 nitrogen and oxygen atoms in total. The van der Waals surface area contributed by atoms with Crippen LogP contribution in [0.4, 0.5) is 9.59 Å². The van der Waals surface area contributed by atoms with Gasteiger partial charge < -0.3 is 24.4 Å². The number of ether oxygens (including phenoxy) is 2. The summed E-state index contributed by atoms with van der Waals surface area (Å²) < 4.78 is 10.9. The molecule has 8 heteroatoms. The highest BCUT2D eigenvalue weighted by atomic mass is 35.5. The van der Waals surface area contributed by atoms with Crippen LogP contribution in [0.1, 0.15) is 52.2 Å². The Hall–Kier alpha value is -2.15. The minimum absolute atomic E-state index is 0.0259. The quantitative estimate of drug-likeness (QED) is 0.786. The molecule has 1 aliphatic heterocycles. The van der Waals surface area contributed by atoms with Crippen molar-refractivity contribution in [2.45, 2.75) is 58.3 Å². The van der Waals surface area contributed by atoms with Crippen LogP contribution >= 0.6 is 11.6 Å². The molecule has 28 heavy (non-hydrogen) atoms. The number of piperidine rings is 1. The molecule has 0 spiro atoms. The molecule has 2 amide bonds. The summed E-state index contributed by atoms with van der Waals surface area (Å²) in [7, 11) is 1.68. The molecule has 0 bridgehead atoms. The van der Waals surface area contributed by atoms with Gasteiger partial charge in [-0.15, -0.1) is 0 Å². The van der Waals surface area contributed by atoms with Gasteiger partial charge in [-0.3, -0.25) is 0 Å². The number of amides is 2. The van der Waals surface area contributed by atoms with Gasteiger partial charge in [0, 0.05) is 36.8 Å². The normalized spacial score (nSPS) is 16.4. The maximum Gasteiger partial charge on any atom is 0.410 e. The number of carbonyl (C=O) groups is 2. The van der Waals surface area contributed by atoms with Gasteiger partial charge in [0.25, 0.3) is 0 Å². The van der Waals surface area contributed by atoms with E-state index in [1.54, 1.807) is 35.9 Å². The number of carbonyl (C=O) groups excluding carboxylic acids is 2. The number of aromatic hydroxyl groups is 1. The van der Waals surface area contributed by atoms with Gasteiger partial charge in [0.05, 0.1) is 0 Å². The molecule has 1 saturated heterocycles. The first-order valence-corrected chi connectivity index (χ1v) is 9.75. The molecule has 1 aromatic carbocycles. The highest BCUT2D eigenvalue weighted by Crippen LogP contribution is 2.30. The highest BCUT2D eigenvalue weighted by molar-refractivity contribution is 6.30. The van der Waals surface area contributed by atoms with Crippen molar-refractivity contribution < 1.29 is 24.2 Å². The molecule has 0 aromatic heterocycles. The molecule has 1 aliphatic rings. The fourth-order valence-electron chi connectivity index (χ4n) is 3.06. The molecule has 0 radical (unpaired) electrons. The number of hydrogen-bond donors (Lipinski definition) is 1. The summed E-state index contributed by atoms with van der Waals surface area (Å²) >= 11 is 5.96. The van der Waals surface area contributed by atoms with Crippen LogP contribution < -0.4 is 0 Å². The van der Waals surface area contributed by atoms with Crippen molar-refractivity contribution in [3.63, 3.8) is 0 Å². The van der Waals surface area contributed by atoms with Gasteiger partial charge in [-0.25, -0.2) is 9.59 Å². The van der Waals surface area contributed by atoms with E-state index in [2.05, 4.69) is 0 Å². The van der Waals surface area contributed by atoms with Crippen molar-refractivity contribution in [2.75, 3.05) is 20.1 Å². The highest BCUT2D eigenvalue weighted by Gasteiger charge is 2.31. The van der Waals surface area contributed by atoms with Crippen molar-refractivity contribution in [3.8, 4) is 5.75 Å². The first-order chi connectivity index (χ1) is 13.0. The summed E-state index contributed by atoms with van der Waals surface area (Å²) in [6, 6.07) is 4.58. The summed E-state index contributed by atoms with van der Waals surface area (Å²) in [6.45, 7) is 8.22. The van der Waals surface area contributed by atoms with E-state index in [0.29, 0.717) is 36.5 Å². The molecule has 1 atom stereocenters. The fraction of sp³-hybridized carbons (Fsp3) is 0.600. The average molecular weight is 413 g/mol. The number of rotatable bonds is 3. The van der Waals surface area contributed by atoms with E-state index in [0.717, 1.165) is 0 Å². The van der Waals surface area contributed by atoms with E-state index >= 15 is 0 Å². The van der Waals surface area contributed by atoms with Crippen molar-refractivity contribution in [2.24, 2.45) is 0 Å². The topological polar surface area (TPSA) is 79.3 Å². The number of likely N-dealkylation sites (tertiary alicyclic amines) is 1. The second kappa shape index (κ2) is 8.90. The maximum atomic E-state index is 12.5. The lowest BCUT2D eigenvalue weighted by atomic mass is 10.0. The molecule has 0 saturated carbocycles. The molecule has 2 rings (SSSR count). The molecular formula is C20H29ClN2O5. The Labute approximate surface area is 171 Å². The summed E-state index contributed by atoms with van der Waals surface area (Å²) in [4.78, 5) is 27.9. The summed E-state index contributed by atoms with van der Waals surface area (Å²) in [6.07, 6.45) is -0.178. The number of benzene rings is 1. The van der Waals surface area contributed by atoms with Crippen LogP contribution in [0.15, 0.2) is 18.2 Å². The van der Waals surface area contributed by atoms with Crippen molar-refractivity contribution in [1.82, 2.24) is 9.80 Å². The fourth-order valence-corrected chi connectivity index (χ4v) is 3.24. The van der Waals surface area contributed by atoms with Crippen LogP contribution in [0.5, 0.6) is 5.75 Å². The van der Waals surface area contributed by atoms with Crippen molar-refractivity contribution in [3.05, 3.63) is 28.8 Å². The Bertz CT molecular complexity index is 711. The lowest BCUT2D eigenvalue weighted by molar-refractivity contribution is 0.0137. The Kier molecular flexibility index (Phi) is 7.04.